The molecule has 186 valence electrons. The molecule has 1 amide bonds. The van der Waals surface area contributed by atoms with Crippen LogP contribution in [0.2, 0.25) is 10.0 Å². The number of anilines is 1. The summed E-state index contributed by atoms with van der Waals surface area (Å²) in [5.41, 5.74) is -0.274. The van der Waals surface area contributed by atoms with E-state index in [0.717, 1.165) is 22.0 Å². The molecular formula is C23H20Cl2N6O4S. The summed E-state index contributed by atoms with van der Waals surface area (Å²) < 4.78 is 9.76. The zero-order valence-electron chi connectivity index (χ0n) is 19.1. The molecule has 0 unspecified atom stereocenters. The Morgan fingerprint density at radius 3 is 2.47 bits per heavy atom. The second-order valence-electron chi connectivity index (χ2n) is 7.54. The van der Waals surface area contributed by atoms with Gasteiger partial charge >= 0.3 is 5.69 Å². The van der Waals surface area contributed by atoms with E-state index < -0.39 is 17.2 Å². The molecule has 2 heterocycles. The zero-order valence-corrected chi connectivity index (χ0v) is 21.5. The molecule has 36 heavy (non-hydrogen) atoms. The lowest BCUT2D eigenvalue weighted by Gasteiger charge is -2.12. The predicted molar refractivity (Wildman–Crippen MR) is 138 cm³/mol. The molecule has 2 aromatic carbocycles. The van der Waals surface area contributed by atoms with Crippen molar-refractivity contribution < 1.29 is 9.53 Å². The Morgan fingerprint density at radius 1 is 1.00 bits per heavy atom. The van der Waals surface area contributed by atoms with Crippen molar-refractivity contribution in [3.8, 4) is 11.4 Å². The molecule has 0 atom stereocenters. The van der Waals surface area contributed by atoms with E-state index in [-0.39, 0.29) is 18.2 Å². The Balaban J connectivity index is 1.52. The molecule has 10 nitrogen and oxygen atoms in total. The van der Waals surface area contributed by atoms with Crippen LogP contribution in [-0.2, 0) is 25.5 Å². The average Bonchev–Trinajstić information content (AvgIpc) is 3.28. The highest BCUT2D eigenvalue weighted by Crippen LogP contribution is 2.27. The van der Waals surface area contributed by atoms with E-state index in [0.29, 0.717) is 26.8 Å². The molecule has 0 bridgehead atoms. The van der Waals surface area contributed by atoms with Crippen molar-refractivity contribution in [2.45, 2.75) is 11.8 Å². The third-order valence-corrected chi connectivity index (χ3v) is 6.77. The Hall–Kier alpha value is -3.54. The number of hydrogen-bond acceptors (Lipinski definition) is 7. The minimum absolute atomic E-state index is 0.0397. The van der Waals surface area contributed by atoms with Crippen LogP contribution in [0.25, 0.3) is 5.69 Å². The van der Waals surface area contributed by atoms with Crippen molar-refractivity contribution in [3.63, 3.8) is 0 Å². The van der Waals surface area contributed by atoms with Crippen molar-refractivity contribution in [1.82, 2.24) is 23.9 Å². The summed E-state index contributed by atoms with van der Waals surface area (Å²) in [6.45, 7) is 0.0854. The number of thioether (sulfide) groups is 1. The lowest BCUT2D eigenvalue weighted by atomic mass is 10.3. The normalized spacial score (nSPS) is 10.9. The van der Waals surface area contributed by atoms with Crippen molar-refractivity contribution in [2.75, 3.05) is 11.1 Å². The van der Waals surface area contributed by atoms with Crippen LogP contribution < -0.4 is 21.3 Å². The van der Waals surface area contributed by atoms with Gasteiger partial charge in [0.25, 0.3) is 5.56 Å². The SMILES string of the molecule is Cn1c(NC(=O)CSc2nnc(COc3ccc(Cl)c(Cl)c3)n2-c2ccccc2)cc(=O)n(C)c1=O. The molecule has 0 aliphatic carbocycles. The van der Waals surface area contributed by atoms with Crippen LogP contribution in [0.5, 0.6) is 5.75 Å². The summed E-state index contributed by atoms with van der Waals surface area (Å²) in [5, 5.41) is 12.3. The van der Waals surface area contributed by atoms with Gasteiger partial charge in [0, 0.05) is 31.9 Å². The summed E-state index contributed by atoms with van der Waals surface area (Å²) in [5.74, 6) is 0.667. The number of halogens is 2. The number of rotatable bonds is 8. The topological polar surface area (TPSA) is 113 Å². The van der Waals surface area contributed by atoms with Gasteiger partial charge in [-0.15, -0.1) is 10.2 Å². The molecule has 1 N–H and O–H groups in total. The molecule has 0 radical (unpaired) electrons. The maximum absolute atomic E-state index is 12.6. The quantitative estimate of drug-likeness (QED) is 0.337. The number of nitrogens with zero attached hydrogens (tertiary/aromatic N) is 5. The third-order valence-electron chi connectivity index (χ3n) is 5.10. The molecule has 0 spiro atoms. The zero-order chi connectivity index (χ0) is 25.8. The number of para-hydroxylation sites is 1. The van der Waals surface area contributed by atoms with Crippen LogP contribution in [0.3, 0.4) is 0 Å². The fourth-order valence-electron chi connectivity index (χ4n) is 3.20. The highest BCUT2D eigenvalue weighted by molar-refractivity contribution is 7.99. The number of aromatic nitrogens is 5. The van der Waals surface area contributed by atoms with E-state index in [1.54, 1.807) is 22.8 Å². The highest BCUT2D eigenvalue weighted by atomic mass is 35.5. The number of hydrogen-bond donors (Lipinski definition) is 1. The van der Waals surface area contributed by atoms with Crippen LogP contribution in [0.4, 0.5) is 5.82 Å². The van der Waals surface area contributed by atoms with E-state index in [1.807, 2.05) is 30.3 Å². The van der Waals surface area contributed by atoms with E-state index >= 15 is 0 Å². The molecule has 0 saturated heterocycles. The van der Waals surface area contributed by atoms with Crippen LogP contribution in [-0.4, -0.2) is 35.6 Å². The molecule has 2 aromatic heterocycles. The van der Waals surface area contributed by atoms with Crippen molar-refractivity contribution in [3.05, 3.63) is 91.3 Å². The van der Waals surface area contributed by atoms with Gasteiger partial charge in [-0.2, -0.15) is 0 Å². The van der Waals surface area contributed by atoms with E-state index in [2.05, 4.69) is 15.5 Å². The maximum Gasteiger partial charge on any atom is 0.332 e. The number of amides is 1. The Morgan fingerprint density at radius 2 is 1.75 bits per heavy atom. The Kier molecular flexibility index (Phi) is 7.82. The smallest absolute Gasteiger partial charge is 0.332 e. The van der Waals surface area contributed by atoms with Gasteiger partial charge in [0.1, 0.15) is 18.2 Å². The molecule has 4 rings (SSSR count). The monoisotopic (exact) mass is 546 g/mol. The summed E-state index contributed by atoms with van der Waals surface area (Å²) in [4.78, 5) is 36.6. The van der Waals surface area contributed by atoms with Crippen molar-refractivity contribution in [1.29, 1.82) is 0 Å². The first-order chi connectivity index (χ1) is 17.2. The van der Waals surface area contributed by atoms with Crippen LogP contribution >= 0.6 is 35.0 Å². The first kappa shape index (κ1) is 25.5. The van der Waals surface area contributed by atoms with Crippen LogP contribution in [0.15, 0.2) is 69.3 Å². The van der Waals surface area contributed by atoms with Crippen molar-refractivity contribution in [2.24, 2.45) is 14.1 Å². The first-order valence-electron chi connectivity index (χ1n) is 10.5. The number of carbonyl (C=O) groups is 1. The summed E-state index contributed by atoms with van der Waals surface area (Å²) in [7, 11) is 2.84. The van der Waals surface area contributed by atoms with E-state index in [1.165, 1.54) is 24.7 Å². The third kappa shape index (κ3) is 5.64. The molecule has 0 aliphatic rings. The predicted octanol–water partition coefficient (Wildman–Crippen LogP) is 3.28. The molecule has 13 heteroatoms. The van der Waals surface area contributed by atoms with Gasteiger partial charge in [0.15, 0.2) is 11.0 Å². The van der Waals surface area contributed by atoms with Gasteiger partial charge in [-0.25, -0.2) is 4.79 Å². The Bertz CT molecular complexity index is 1530. The first-order valence-corrected chi connectivity index (χ1v) is 12.3. The lowest BCUT2D eigenvalue weighted by Crippen LogP contribution is -2.38. The highest BCUT2D eigenvalue weighted by Gasteiger charge is 2.17. The molecule has 0 fully saturated rings. The van der Waals surface area contributed by atoms with Gasteiger partial charge in [0.2, 0.25) is 5.91 Å². The van der Waals surface area contributed by atoms with Gasteiger partial charge in [-0.3, -0.25) is 23.3 Å². The van der Waals surface area contributed by atoms with Gasteiger partial charge in [-0.05, 0) is 24.3 Å². The molecule has 0 saturated carbocycles. The number of nitrogens with one attached hydrogen (secondary N) is 1. The summed E-state index contributed by atoms with van der Waals surface area (Å²) >= 11 is 13.2. The summed E-state index contributed by atoms with van der Waals surface area (Å²) in [6.07, 6.45) is 0. The number of ether oxygens (including phenoxy) is 1. The van der Waals surface area contributed by atoms with E-state index in [9.17, 15) is 14.4 Å². The largest absolute Gasteiger partial charge is 0.486 e. The fourth-order valence-corrected chi connectivity index (χ4v) is 4.26. The van der Waals surface area contributed by atoms with Crippen molar-refractivity contribution >= 4 is 46.7 Å². The second kappa shape index (κ2) is 11.0. The van der Waals surface area contributed by atoms with Crippen LogP contribution in [0.1, 0.15) is 5.82 Å². The lowest BCUT2D eigenvalue weighted by molar-refractivity contribution is -0.113. The van der Waals surface area contributed by atoms with E-state index in [4.69, 9.17) is 27.9 Å². The minimum atomic E-state index is -0.541. The average molecular weight is 547 g/mol. The minimum Gasteiger partial charge on any atom is -0.486 e. The van der Waals surface area contributed by atoms with Gasteiger partial charge in [-0.1, -0.05) is 53.2 Å². The summed E-state index contributed by atoms with van der Waals surface area (Å²) in [6, 6.07) is 15.5. The van der Waals surface area contributed by atoms with Gasteiger partial charge in [0.05, 0.1) is 15.8 Å². The maximum atomic E-state index is 12.6. The standard InChI is InChI=1S/C23H20Cl2N6O4S/c1-29-18(11-21(33)30(2)23(29)34)26-20(32)13-36-22-28-27-19(31(22)14-6-4-3-5-7-14)12-35-15-8-9-16(24)17(25)10-15/h3-11H,12-13H2,1-2H3,(H,26,32). The van der Waals surface area contributed by atoms with Gasteiger partial charge < -0.3 is 10.1 Å². The number of carbonyl (C=O) groups excluding carboxylic acids is 1. The van der Waals surface area contributed by atoms with Crippen LogP contribution in [0, 0.1) is 0 Å². The molecular weight excluding hydrogens is 527 g/mol. The number of benzene rings is 2. The Labute approximate surface area is 219 Å². The fraction of sp³-hybridized carbons (Fsp3) is 0.174. The second-order valence-corrected chi connectivity index (χ2v) is 9.30. The molecule has 0 aliphatic heterocycles. The molecule has 4 aromatic rings.